The summed E-state index contributed by atoms with van der Waals surface area (Å²) in [4.78, 5) is 23.0. The number of ether oxygens (including phenoxy) is 3. The molecule has 0 aliphatic carbocycles. The van der Waals surface area contributed by atoms with E-state index in [2.05, 4.69) is 4.98 Å². The molecule has 1 atom stereocenters. The highest BCUT2D eigenvalue weighted by atomic mass is 16.6. The van der Waals surface area contributed by atoms with Crippen molar-refractivity contribution in [2.45, 2.75) is 84.5 Å². The van der Waals surface area contributed by atoms with Gasteiger partial charge in [0.1, 0.15) is 11.4 Å². The maximum absolute atomic E-state index is 12.1. The van der Waals surface area contributed by atoms with E-state index in [-0.39, 0.29) is 18.3 Å². The summed E-state index contributed by atoms with van der Waals surface area (Å²) in [7, 11) is 0. The van der Waals surface area contributed by atoms with Gasteiger partial charge < -0.3 is 19.1 Å². The van der Waals surface area contributed by atoms with Crippen LogP contribution in [0.15, 0.2) is 24.4 Å². The first-order valence-corrected chi connectivity index (χ1v) is 11.7. The molecule has 176 valence electrons. The van der Waals surface area contributed by atoms with Gasteiger partial charge in [-0.1, -0.05) is 6.42 Å². The number of carbonyl (C=O) groups is 1. The number of fused-ring (bicyclic) bond motifs is 1. The van der Waals surface area contributed by atoms with Crippen LogP contribution in [0.2, 0.25) is 0 Å². The molecule has 7 nitrogen and oxygen atoms in total. The highest BCUT2D eigenvalue weighted by Crippen LogP contribution is 2.26. The van der Waals surface area contributed by atoms with Crippen molar-refractivity contribution in [3.05, 3.63) is 30.1 Å². The third kappa shape index (κ3) is 7.33. The van der Waals surface area contributed by atoms with Gasteiger partial charge in [0.2, 0.25) is 0 Å². The van der Waals surface area contributed by atoms with Crippen LogP contribution in [0.1, 0.15) is 66.0 Å². The maximum atomic E-state index is 12.1. The highest BCUT2D eigenvalue weighted by Gasteiger charge is 2.30. The summed E-state index contributed by atoms with van der Waals surface area (Å²) in [6, 6.07) is 5.96. The van der Waals surface area contributed by atoms with Crippen molar-refractivity contribution >= 4 is 17.1 Å². The second-order valence-corrected chi connectivity index (χ2v) is 9.67. The van der Waals surface area contributed by atoms with Gasteiger partial charge in [-0.05, 0) is 72.4 Å². The zero-order valence-electron chi connectivity index (χ0n) is 20.1. The number of hydrogen-bond donors (Lipinski definition) is 0. The van der Waals surface area contributed by atoms with Crippen LogP contribution in [0.4, 0.5) is 4.79 Å². The number of rotatable bonds is 9. The van der Waals surface area contributed by atoms with Crippen molar-refractivity contribution in [1.29, 1.82) is 0 Å². The number of aromatic nitrogens is 2. The first kappa shape index (κ1) is 24.2. The Labute approximate surface area is 191 Å². The number of carbonyl (C=O) groups excluding carboxylic acids is 1. The molecular weight excluding hydrogens is 406 g/mol. The van der Waals surface area contributed by atoms with Crippen molar-refractivity contribution in [2.75, 3.05) is 19.7 Å². The average Bonchev–Trinajstić information content (AvgIpc) is 3.18. The van der Waals surface area contributed by atoms with Crippen LogP contribution in [0.3, 0.4) is 0 Å². The third-order valence-corrected chi connectivity index (χ3v) is 5.19. The van der Waals surface area contributed by atoms with E-state index in [0.29, 0.717) is 19.7 Å². The van der Waals surface area contributed by atoms with E-state index >= 15 is 0 Å². The van der Waals surface area contributed by atoms with Gasteiger partial charge in [-0.15, -0.1) is 0 Å². The van der Waals surface area contributed by atoms with Gasteiger partial charge in [0.15, 0.2) is 5.65 Å². The smallest absolute Gasteiger partial charge is 0.410 e. The minimum atomic E-state index is -0.465. The summed E-state index contributed by atoms with van der Waals surface area (Å²) in [5.41, 5.74) is 1.28. The van der Waals surface area contributed by atoms with Crippen LogP contribution in [0, 0.1) is 0 Å². The maximum Gasteiger partial charge on any atom is 0.410 e. The minimum Gasteiger partial charge on any atom is -0.490 e. The Kier molecular flexibility index (Phi) is 8.29. The molecule has 0 spiro atoms. The summed E-state index contributed by atoms with van der Waals surface area (Å²) >= 11 is 0. The van der Waals surface area contributed by atoms with E-state index in [9.17, 15) is 4.79 Å². The molecule has 0 saturated carbocycles. The van der Waals surface area contributed by atoms with E-state index < -0.39 is 5.60 Å². The van der Waals surface area contributed by atoms with Crippen LogP contribution in [-0.2, 0) is 15.9 Å². The normalized spacial score (nSPS) is 16.7. The van der Waals surface area contributed by atoms with Crippen LogP contribution < -0.4 is 4.74 Å². The molecule has 1 saturated heterocycles. The van der Waals surface area contributed by atoms with Gasteiger partial charge >= 0.3 is 6.09 Å². The summed E-state index contributed by atoms with van der Waals surface area (Å²) in [6.45, 7) is 11.7. The largest absolute Gasteiger partial charge is 0.490 e. The molecule has 0 bridgehead atoms. The van der Waals surface area contributed by atoms with E-state index in [1.807, 2.05) is 52.8 Å². The Balaban J connectivity index is 1.38. The number of hydrogen-bond acceptors (Lipinski definition) is 6. The fraction of sp³-hybridized carbons (Fsp3) is 0.640. The number of amides is 1. The fourth-order valence-corrected chi connectivity index (χ4v) is 3.75. The number of aryl methyl sites for hydroxylation is 1. The van der Waals surface area contributed by atoms with Gasteiger partial charge in [0.05, 0.1) is 24.1 Å². The predicted molar refractivity (Wildman–Crippen MR) is 125 cm³/mol. The SMILES string of the molecule is CC(C)Oc1cc(CCCCCO[C@@H]2CCN(C(=O)OC(C)(C)C)C2)nc2ncccc12. The Hall–Kier alpha value is -2.41. The fourth-order valence-electron chi connectivity index (χ4n) is 3.75. The molecule has 0 aromatic carbocycles. The molecule has 32 heavy (non-hydrogen) atoms. The second kappa shape index (κ2) is 10.9. The first-order chi connectivity index (χ1) is 15.2. The van der Waals surface area contributed by atoms with E-state index in [1.165, 1.54) is 0 Å². The third-order valence-electron chi connectivity index (χ3n) is 5.19. The van der Waals surface area contributed by atoms with Crippen molar-refractivity contribution in [3.63, 3.8) is 0 Å². The summed E-state index contributed by atoms with van der Waals surface area (Å²) < 4.78 is 17.4. The lowest BCUT2D eigenvalue weighted by Crippen LogP contribution is -2.36. The van der Waals surface area contributed by atoms with Crippen molar-refractivity contribution in [3.8, 4) is 5.75 Å². The summed E-state index contributed by atoms with van der Waals surface area (Å²) in [5.74, 6) is 0.854. The monoisotopic (exact) mass is 443 g/mol. The molecule has 2 aromatic heterocycles. The zero-order chi connectivity index (χ0) is 23.1. The van der Waals surface area contributed by atoms with E-state index in [4.69, 9.17) is 19.2 Å². The van der Waals surface area contributed by atoms with Gasteiger partial charge in [-0.3, -0.25) is 0 Å². The molecule has 0 unspecified atom stereocenters. The predicted octanol–water partition coefficient (Wildman–Crippen LogP) is 5.16. The lowest BCUT2D eigenvalue weighted by Gasteiger charge is -2.24. The standard InChI is InChI=1S/C25H37N3O4/c1-18(2)31-22-16-19(27-23-21(22)11-9-13-26-23)10-7-6-8-15-30-20-12-14-28(17-20)24(29)32-25(3,4)5/h9,11,13,16,18,20H,6-8,10,12,14-15,17H2,1-5H3/t20-/m1/s1. The molecule has 1 amide bonds. The van der Waals surface area contributed by atoms with E-state index in [1.54, 1.807) is 11.1 Å². The second-order valence-electron chi connectivity index (χ2n) is 9.67. The molecule has 2 aromatic rings. The van der Waals surface area contributed by atoms with Crippen molar-refractivity contribution in [1.82, 2.24) is 14.9 Å². The summed E-state index contributed by atoms with van der Waals surface area (Å²) in [6.07, 6.45) is 6.56. The molecule has 0 radical (unpaired) electrons. The molecule has 7 heteroatoms. The van der Waals surface area contributed by atoms with Gasteiger partial charge in [-0.2, -0.15) is 0 Å². The Morgan fingerprint density at radius 2 is 2.06 bits per heavy atom. The number of nitrogens with zero attached hydrogens (tertiary/aromatic N) is 3. The number of pyridine rings is 2. The Bertz CT molecular complexity index is 894. The summed E-state index contributed by atoms with van der Waals surface area (Å²) in [5, 5.41) is 0.954. The van der Waals surface area contributed by atoms with Crippen LogP contribution in [-0.4, -0.2) is 58.5 Å². The Morgan fingerprint density at radius 3 is 2.81 bits per heavy atom. The molecule has 1 aliphatic heterocycles. The molecular formula is C25H37N3O4. The Morgan fingerprint density at radius 1 is 1.25 bits per heavy atom. The number of likely N-dealkylation sites (tertiary alicyclic amines) is 1. The minimum absolute atomic E-state index is 0.103. The zero-order valence-corrected chi connectivity index (χ0v) is 20.1. The molecule has 1 aliphatic rings. The first-order valence-electron chi connectivity index (χ1n) is 11.7. The molecule has 3 heterocycles. The van der Waals surface area contributed by atoms with Gasteiger partial charge in [-0.25, -0.2) is 14.8 Å². The lowest BCUT2D eigenvalue weighted by molar-refractivity contribution is 0.0206. The highest BCUT2D eigenvalue weighted by molar-refractivity contribution is 5.81. The van der Waals surface area contributed by atoms with Crippen LogP contribution in [0.5, 0.6) is 5.75 Å². The number of unbranched alkanes of at least 4 members (excludes halogenated alkanes) is 2. The topological polar surface area (TPSA) is 73.8 Å². The molecule has 0 N–H and O–H groups in total. The lowest BCUT2D eigenvalue weighted by atomic mass is 10.1. The average molecular weight is 444 g/mol. The van der Waals surface area contributed by atoms with Gasteiger partial charge in [0, 0.05) is 31.1 Å². The quantitative estimate of drug-likeness (QED) is 0.499. The van der Waals surface area contributed by atoms with Gasteiger partial charge in [0.25, 0.3) is 0 Å². The van der Waals surface area contributed by atoms with Crippen LogP contribution >= 0.6 is 0 Å². The van der Waals surface area contributed by atoms with Crippen molar-refractivity contribution < 1.29 is 19.0 Å². The molecule has 1 fully saturated rings. The van der Waals surface area contributed by atoms with Crippen LogP contribution in [0.25, 0.3) is 11.0 Å². The molecule has 3 rings (SSSR count). The van der Waals surface area contributed by atoms with Crippen molar-refractivity contribution in [2.24, 2.45) is 0 Å². The van der Waals surface area contributed by atoms with E-state index in [0.717, 1.165) is 54.6 Å².